The number of hydrogen-bond acceptors (Lipinski definition) is 3. The van der Waals surface area contributed by atoms with Gasteiger partial charge in [-0.05, 0) is 69.6 Å². The van der Waals surface area contributed by atoms with Gasteiger partial charge in [-0.1, -0.05) is 0 Å². The van der Waals surface area contributed by atoms with Crippen LogP contribution in [0.5, 0.6) is 5.75 Å². The van der Waals surface area contributed by atoms with Crippen molar-refractivity contribution in [3.63, 3.8) is 0 Å². The van der Waals surface area contributed by atoms with Crippen LogP contribution in [0.2, 0.25) is 0 Å². The summed E-state index contributed by atoms with van der Waals surface area (Å²) < 4.78 is 31.4. The summed E-state index contributed by atoms with van der Waals surface area (Å²) in [6, 6.07) is 3.31. The predicted molar refractivity (Wildman–Crippen MR) is 80.6 cm³/mol. The Kier molecular flexibility index (Phi) is 3.34. The minimum absolute atomic E-state index is 0.289. The van der Waals surface area contributed by atoms with Gasteiger partial charge in [0.2, 0.25) is 0 Å². The quantitative estimate of drug-likeness (QED) is 0.802. The second-order valence-electron chi connectivity index (χ2n) is 6.98. The average molecular weight is 292 g/mol. The van der Waals surface area contributed by atoms with Gasteiger partial charge in [-0.3, -0.25) is 0 Å². The van der Waals surface area contributed by atoms with Crippen LogP contribution in [0, 0.1) is 5.82 Å². The van der Waals surface area contributed by atoms with E-state index >= 15 is 0 Å². The molecule has 1 saturated carbocycles. The fraction of sp³-hybridized carbons (Fsp3) is 0.625. The molecule has 2 aliphatic rings. The van der Waals surface area contributed by atoms with Gasteiger partial charge >= 0.3 is 7.12 Å². The predicted octanol–water partition coefficient (Wildman–Crippen LogP) is 3.01. The van der Waals surface area contributed by atoms with E-state index in [-0.39, 0.29) is 11.6 Å². The standard InChI is InChI=1S/C16H22BFO3/c1-15(2)16(3,4)21-17(20-15)12-9-13(18)14(19-5)8-11(12)10-6-7-10/h8-10H,6-7H2,1-5H3. The molecule has 3 nitrogen and oxygen atoms in total. The largest absolute Gasteiger partial charge is 0.495 e. The summed E-state index contributed by atoms with van der Waals surface area (Å²) in [7, 11) is 0.967. The van der Waals surface area contributed by atoms with Gasteiger partial charge in [0.1, 0.15) is 0 Å². The molecular formula is C16H22BFO3. The number of ether oxygens (including phenoxy) is 1. The van der Waals surface area contributed by atoms with Crippen LogP contribution in [0.4, 0.5) is 4.39 Å². The monoisotopic (exact) mass is 292 g/mol. The van der Waals surface area contributed by atoms with Crippen LogP contribution in [0.3, 0.4) is 0 Å². The first-order chi connectivity index (χ1) is 9.75. The number of halogens is 1. The number of methoxy groups -OCH3 is 1. The summed E-state index contributed by atoms with van der Waals surface area (Å²) >= 11 is 0. The van der Waals surface area contributed by atoms with E-state index in [4.69, 9.17) is 14.0 Å². The van der Waals surface area contributed by atoms with Crippen LogP contribution < -0.4 is 10.2 Å². The Morgan fingerprint density at radius 2 is 1.71 bits per heavy atom. The first-order valence-corrected chi connectivity index (χ1v) is 7.48. The van der Waals surface area contributed by atoms with E-state index in [0.29, 0.717) is 5.92 Å². The van der Waals surface area contributed by atoms with E-state index in [2.05, 4.69) is 0 Å². The number of rotatable bonds is 3. The van der Waals surface area contributed by atoms with Crippen molar-refractivity contribution in [1.29, 1.82) is 0 Å². The third kappa shape index (κ3) is 2.47. The van der Waals surface area contributed by atoms with E-state index in [1.54, 1.807) is 6.07 Å². The molecule has 114 valence electrons. The van der Waals surface area contributed by atoms with E-state index in [1.807, 2.05) is 27.7 Å². The summed E-state index contributed by atoms with van der Waals surface area (Å²) in [6.45, 7) is 8.01. The molecule has 1 aromatic rings. The van der Waals surface area contributed by atoms with Gasteiger partial charge < -0.3 is 14.0 Å². The normalized spacial score (nSPS) is 23.4. The summed E-state index contributed by atoms with van der Waals surface area (Å²) in [6.07, 6.45) is 2.25. The molecular weight excluding hydrogens is 270 g/mol. The van der Waals surface area contributed by atoms with Crippen LogP contribution in [-0.2, 0) is 9.31 Å². The van der Waals surface area contributed by atoms with Crippen LogP contribution in [0.25, 0.3) is 0 Å². The summed E-state index contributed by atoms with van der Waals surface area (Å²) in [5.74, 6) is 0.386. The Morgan fingerprint density at radius 1 is 1.14 bits per heavy atom. The molecule has 3 rings (SSSR count). The molecule has 0 atom stereocenters. The highest BCUT2D eigenvalue weighted by atomic mass is 19.1. The maximum atomic E-state index is 14.1. The molecule has 1 aliphatic heterocycles. The first-order valence-electron chi connectivity index (χ1n) is 7.48. The van der Waals surface area contributed by atoms with Crippen molar-refractivity contribution in [2.45, 2.75) is 57.7 Å². The minimum Gasteiger partial charge on any atom is -0.494 e. The van der Waals surface area contributed by atoms with Crippen molar-refractivity contribution < 1.29 is 18.4 Å². The number of benzene rings is 1. The molecule has 1 saturated heterocycles. The molecule has 0 unspecified atom stereocenters. The Labute approximate surface area is 125 Å². The van der Waals surface area contributed by atoms with Gasteiger partial charge in [0.25, 0.3) is 0 Å². The van der Waals surface area contributed by atoms with E-state index in [1.165, 1.54) is 13.2 Å². The van der Waals surface area contributed by atoms with Crippen LogP contribution >= 0.6 is 0 Å². The third-order valence-electron chi connectivity index (χ3n) is 4.88. The van der Waals surface area contributed by atoms with Crippen LogP contribution in [0.1, 0.15) is 52.0 Å². The second-order valence-corrected chi connectivity index (χ2v) is 6.98. The topological polar surface area (TPSA) is 27.7 Å². The molecule has 21 heavy (non-hydrogen) atoms. The molecule has 0 spiro atoms. The molecule has 0 bridgehead atoms. The third-order valence-corrected chi connectivity index (χ3v) is 4.88. The van der Waals surface area contributed by atoms with Gasteiger partial charge in [0, 0.05) is 0 Å². The molecule has 0 amide bonds. The van der Waals surface area contributed by atoms with E-state index < -0.39 is 18.3 Å². The first kappa shape index (κ1) is 14.9. The molecule has 2 fully saturated rings. The maximum Gasteiger partial charge on any atom is 0.495 e. The Bertz CT molecular complexity index is 551. The van der Waals surface area contributed by atoms with Crippen molar-refractivity contribution in [3.05, 3.63) is 23.5 Å². The zero-order valence-corrected chi connectivity index (χ0v) is 13.3. The van der Waals surface area contributed by atoms with Crippen molar-refractivity contribution in [1.82, 2.24) is 0 Å². The van der Waals surface area contributed by atoms with Crippen molar-refractivity contribution in [2.75, 3.05) is 7.11 Å². The lowest BCUT2D eigenvalue weighted by Gasteiger charge is -2.32. The second kappa shape index (κ2) is 4.72. The van der Waals surface area contributed by atoms with Crippen molar-refractivity contribution in [3.8, 4) is 5.75 Å². The molecule has 1 heterocycles. The highest BCUT2D eigenvalue weighted by Crippen LogP contribution is 2.43. The van der Waals surface area contributed by atoms with E-state index in [9.17, 15) is 4.39 Å². The number of hydrogen-bond donors (Lipinski definition) is 0. The molecule has 0 aromatic heterocycles. The molecule has 0 N–H and O–H groups in total. The fourth-order valence-corrected chi connectivity index (χ4v) is 2.66. The zero-order chi connectivity index (χ0) is 15.4. The lowest BCUT2D eigenvalue weighted by Crippen LogP contribution is -2.41. The summed E-state index contributed by atoms with van der Waals surface area (Å²) in [5.41, 5.74) is 1.05. The van der Waals surface area contributed by atoms with Gasteiger partial charge in [0.05, 0.1) is 18.3 Å². The Hall–Kier alpha value is -1.07. The van der Waals surface area contributed by atoms with E-state index in [0.717, 1.165) is 23.9 Å². The van der Waals surface area contributed by atoms with Crippen molar-refractivity contribution in [2.24, 2.45) is 0 Å². The molecule has 5 heteroatoms. The van der Waals surface area contributed by atoms with Gasteiger partial charge in [-0.15, -0.1) is 0 Å². The SMILES string of the molecule is COc1cc(C2CC2)c(B2OC(C)(C)C(C)(C)O2)cc1F. The average Bonchev–Trinajstić information content (AvgIpc) is 3.17. The zero-order valence-electron chi connectivity index (χ0n) is 13.3. The van der Waals surface area contributed by atoms with Gasteiger partial charge in [-0.2, -0.15) is 0 Å². The van der Waals surface area contributed by atoms with Crippen molar-refractivity contribution >= 4 is 12.6 Å². The fourth-order valence-electron chi connectivity index (χ4n) is 2.66. The van der Waals surface area contributed by atoms with Crippen LogP contribution in [-0.4, -0.2) is 25.4 Å². The minimum atomic E-state index is -0.522. The molecule has 1 aromatic carbocycles. The maximum absolute atomic E-state index is 14.1. The highest BCUT2D eigenvalue weighted by molar-refractivity contribution is 6.62. The smallest absolute Gasteiger partial charge is 0.494 e. The summed E-state index contributed by atoms with van der Waals surface area (Å²) in [4.78, 5) is 0. The molecule has 0 radical (unpaired) electrons. The Balaban J connectivity index is 2.01. The molecule has 1 aliphatic carbocycles. The lowest BCUT2D eigenvalue weighted by molar-refractivity contribution is 0.00578. The van der Waals surface area contributed by atoms with Crippen LogP contribution in [0.15, 0.2) is 12.1 Å². The Morgan fingerprint density at radius 3 is 2.19 bits per heavy atom. The highest BCUT2D eigenvalue weighted by Gasteiger charge is 2.52. The van der Waals surface area contributed by atoms with Gasteiger partial charge in [0.15, 0.2) is 11.6 Å². The van der Waals surface area contributed by atoms with Gasteiger partial charge in [-0.25, -0.2) is 4.39 Å². The summed E-state index contributed by atoms with van der Waals surface area (Å²) in [5, 5.41) is 0. The lowest BCUT2D eigenvalue weighted by atomic mass is 9.74.